The van der Waals surface area contributed by atoms with Gasteiger partial charge in [0, 0.05) is 18.4 Å². The molecule has 3 rings (SSSR count). The minimum absolute atomic E-state index is 0.210. The van der Waals surface area contributed by atoms with Crippen molar-refractivity contribution in [2.45, 2.75) is 13.0 Å². The highest BCUT2D eigenvalue weighted by atomic mass is 32.1. The number of para-hydroxylation sites is 1. The van der Waals surface area contributed by atoms with Gasteiger partial charge in [-0.3, -0.25) is 9.59 Å². The smallest absolute Gasteiger partial charge is 0.338 e. The topological polar surface area (TPSA) is 75.7 Å². The van der Waals surface area contributed by atoms with E-state index >= 15 is 0 Å². The number of rotatable bonds is 6. The van der Waals surface area contributed by atoms with E-state index in [0.29, 0.717) is 21.8 Å². The molecule has 0 unspecified atom stereocenters. The number of anilines is 2. The molecule has 0 bridgehead atoms. The number of hydrogen-bond acceptors (Lipinski definition) is 5. The number of benzene rings is 2. The Morgan fingerprint density at radius 2 is 1.66 bits per heavy atom. The van der Waals surface area contributed by atoms with Crippen molar-refractivity contribution in [3.8, 4) is 0 Å². The molecule has 3 aromatic rings. The van der Waals surface area contributed by atoms with Crippen LogP contribution in [0.15, 0.2) is 72.1 Å². The molecule has 6 nitrogen and oxygen atoms in total. The standard InChI is InChI=1S/C22H20N2O4S/c1-15(21(26)24(2)18-7-4-3-5-8-18)28-22(27)16-10-12-17(13-11-16)23-20(25)19-9-6-14-29-19/h3-15H,1-2H3,(H,23,25)/t15-/m0/s1. The average molecular weight is 408 g/mol. The van der Waals surface area contributed by atoms with Gasteiger partial charge in [0.2, 0.25) is 0 Å². The maximum absolute atomic E-state index is 12.5. The molecule has 0 saturated carbocycles. The fourth-order valence-electron chi connectivity index (χ4n) is 2.62. The van der Waals surface area contributed by atoms with Gasteiger partial charge < -0.3 is 15.0 Å². The molecule has 1 aromatic heterocycles. The molecule has 0 aliphatic carbocycles. The number of nitrogens with zero attached hydrogens (tertiary/aromatic N) is 1. The van der Waals surface area contributed by atoms with Crippen LogP contribution in [0.3, 0.4) is 0 Å². The van der Waals surface area contributed by atoms with Gasteiger partial charge in [-0.2, -0.15) is 0 Å². The summed E-state index contributed by atoms with van der Waals surface area (Å²) in [5, 5.41) is 4.59. The van der Waals surface area contributed by atoms with E-state index < -0.39 is 12.1 Å². The fourth-order valence-corrected chi connectivity index (χ4v) is 3.24. The van der Waals surface area contributed by atoms with E-state index in [4.69, 9.17) is 4.74 Å². The summed E-state index contributed by atoms with van der Waals surface area (Å²) in [6, 6.07) is 19.0. The van der Waals surface area contributed by atoms with Gasteiger partial charge in [0.05, 0.1) is 10.4 Å². The summed E-state index contributed by atoms with van der Waals surface area (Å²) >= 11 is 1.35. The van der Waals surface area contributed by atoms with E-state index in [0.717, 1.165) is 0 Å². The molecule has 2 aromatic carbocycles. The van der Waals surface area contributed by atoms with Crippen LogP contribution in [0.2, 0.25) is 0 Å². The summed E-state index contributed by atoms with van der Waals surface area (Å²) in [5.41, 5.74) is 1.57. The first-order valence-corrected chi connectivity index (χ1v) is 9.82. The molecule has 0 aliphatic rings. The van der Waals surface area contributed by atoms with Gasteiger partial charge in [-0.05, 0) is 54.8 Å². The summed E-state index contributed by atoms with van der Waals surface area (Å²) in [6.07, 6.45) is -0.939. The van der Waals surface area contributed by atoms with E-state index in [1.54, 1.807) is 55.6 Å². The molecule has 2 amide bonds. The number of likely N-dealkylation sites (N-methyl/N-ethyl adjacent to an activating group) is 1. The lowest BCUT2D eigenvalue weighted by molar-refractivity contribution is -0.126. The minimum Gasteiger partial charge on any atom is -0.449 e. The molecule has 1 N–H and O–H groups in total. The second-order valence-electron chi connectivity index (χ2n) is 6.29. The van der Waals surface area contributed by atoms with Crippen LogP contribution in [-0.4, -0.2) is 30.9 Å². The molecule has 29 heavy (non-hydrogen) atoms. The third-order valence-electron chi connectivity index (χ3n) is 4.23. The Balaban J connectivity index is 1.58. The number of carbonyl (C=O) groups is 3. The van der Waals surface area contributed by atoms with Crippen LogP contribution in [-0.2, 0) is 9.53 Å². The Morgan fingerprint density at radius 3 is 2.28 bits per heavy atom. The fraction of sp³-hybridized carbons (Fsp3) is 0.136. The van der Waals surface area contributed by atoms with Gasteiger partial charge in [-0.1, -0.05) is 24.3 Å². The van der Waals surface area contributed by atoms with Crippen molar-refractivity contribution in [2.75, 3.05) is 17.3 Å². The molecule has 148 valence electrons. The quantitative estimate of drug-likeness (QED) is 0.620. The lowest BCUT2D eigenvalue weighted by atomic mass is 10.2. The molecule has 7 heteroatoms. The lowest BCUT2D eigenvalue weighted by Gasteiger charge is -2.21. The number of thiophene rings is 1. The zero-order chi connectivity index (χ0) is 20.8. The summed E-state index contributed by atoms with van der Waals surface area (Å²) in [4.78, 5) is 39.0. The number of hydrogen-bond donors (Lipinski definition) is 1. The first kappa shape index (κ1) is 20.3. The number of carbonyl (C=O) groups excluding carboxylic acids is 3. The van der Waals surface area contributed by atoms with Crippen LogP contribution in [0.1, 0.15) is 27.0 Å². The predicted molar refractivity (Wildman–Crippen MR) is 113 cm³/mol. The number of esters is 1. The van der Waals surface area contributed by atoms with E-state index in [1.165, 1.54) is 23.2 Å². The zero-order valence-electron chi connectivity index (χ0n) is 16.0. The van der Waals surface area contributed by atoms with Crippen LogP contribution < -0.4 is 10.2 Å². The Kier molecular flexibility index (Phi) is 6.41. The first-order valence-electron chi connectivity index (χ1n) is 8.94. The summed E-state index contributed by atoms with van der Waals surface area (Å²) in [5.74, 6) is -1.15. The van der Waals surface area contributed by atoms with Crippen LogP contribution in [0.5, 0.6) is 0 Å². The molecule has 1 heterocycles. The van der Waals surface area contributed by atoms with Crippen molar-refractivity contribution in [3.63, 3.8) is 0 Å². The number of nitrogens with one attached hydrogen (secondary N) is 1. The molecule has 0 spiro atoms. The van der Waals surface area contributed by atoms with Gasteiger partial charge in [0.1, 0.15) is 0 Å². The van der Waals surface area contributed by atoms with Crippen molar-refractivity contribution >= 4 is 40.5 Å². The van der Waals surface area contributed by atoms with Crippen molar-refractivity contribution in [1.82, 2.24) is 0 Å². The Hall–Kier alpha value is -3.45. The molecule has 0 saturated heterocycles. The summed E-state index contributed by atoms with van der Waals surface area (Å²) < 4.78 is 5.30. The van der Waals surface area contributed by atoms with Gasteiger partial charge in [0.25, 0.3) is 11.8 Å². The van der Waals surface area contributed by atoms with E-state index in [9.17, 15) is 14.4 Å². The second kappa shape index (κ2) is 9.16. The monoisotopic (exact) mass is 408 g/mol. The van der Waals surface area contributed by atoms with E-state index in [1.807, 2.05) is 23.6 Å². The third-order valence-corrected chi connectivity index (χ3v) is 5.10. The van der Waals surface area contributed by atoms with E-state index in [2.05, 4.69) is 5.32 Å². The highest BCUT2D eigenvalue weighted by Gasteiger charge is 2.23. The molecular formula is C22H20N2O4S. The van der Waals surface area contributed by atoms with Crippen LogP contribution in [0.25, 0.3) is 0 Å². The van der Waals surface area contributed by atoms with Gasteiger partial charge in [-0.25, -0.2) is 4.79 Å². The Bertz CT molecular complexity index is 985. The van der Waals surface area contributed by atoms with Crippen LogP contribution >= 0.6 is 11.3 Å². The minimum atomic E-state index is -0.939. The summed E-state index contributed by atoms with van der Waals surface area (Å²) in [7, 11) is 1.63. The summed E-state index contributed by atoms with van der Waals surface area (Å²) in [6.45, 7) is 1.54. The molecule has 1 atom stereocenters. The SMILES string of the molecule is C[C@H](OC(=O)c1ccc(NC(=O)c2cccs2)cc1)C(=O)N(C)c1ccccc1. The Labute approximate surface area is 172 Å². The number of ether oxygens (including phenoxy) is 1. The van der Waals surface area contributed by atoms with E-state index in [-0.39, 0.29) is 11.8 Å². The maximum atomic E-state index is 12.5. The Morgan fingerprint density at radius 1 is 0.966 bits per heavy atom. The number of amides is 2. The van der Waals surface area contributed by atoms with Gasteiger partial charge >= 0.3 is 5.97 Å². The second-order valence-corrected chi connectivity index (χ2v) is 7.24. The van der Waals surface area contributed by atoms with Crippen LogP contribution in [0.4, 0.5) is 11.4 Å². The van der Waals surface area contributed by atoms with Crippen LogP contribution in [0, 0.1) is 0 Å². The zero-order valence-corrected chi connectivity index (χ0v) is 16.8. The normalized spacial score (nSPS) is 11.4. The highest BCUT2D eigenvalue weighted by molar-refractivity contribution is 7.12. The molecule has 0 radical (unpaired) electrons. The predicted octanol–water partition coefficient (Wildman–Crippen LogP) is 4.21. The van der Waals surface area contributed by atoms with Gasteiger partial charge in [-0.15, -0.1) is 11.3 Å². The molecular weight excluding hydrogens is 388 g/mol. The third kappa shape index (κ3) is 5.08. The maximum Gasteiger partial charge on any atom is 0.338 e. The van der Waals surface area contributed by atoms with Crippen molar-refractivity contribution < 1.29 is 19.1 Å². The largest absolute Gasteiger partial charge is 0.449 e. The van der Waals surface area contributed by atoms with Crippen molar-refractivity contribution in [2.24, 2.45) is 0 Å². The highest BCUT2D eigenvalue weighted by Crippen LogP contribution is 2.16. The first-order chi connectivity index (χ1) is 14.0. The van der Waals surface area contributed by atoms with Crippen molar-refractivity contribution in [3.05, 3.63) is 82.6 Å². The molecule has 0 aliphatic heterocycles. The van der Waals surface area contributed by atoms with Gasteiger partial charge in [0.15, 0.2) is 6.10 Å². The van der Waals surface area contributed by atoms with Crippen molar-refractivity contribution in [1.29, 1.82) is 0 Å². The average Bonchev–Trinajstić information content (AvgIpc) is 3.29. The molecule has 0 fully saturated rings. The lowest BCUT2D eigenvalue weighted by Crippen LogP contribution is -2.37.